The summed E-state index contributed by atoms with van der Waals surface area (Å²) in [5, 5.41) is 19.5. The highest BCUT2D eigenvalue weighted by Gasteiger charge is 2.26. The molecular formula is C20H33NO3. The predicted molar refractivity (Wildman–Crippen MR) is 98.4 cm³/mol. The Labute approximate surface area is 146 Å². The summed E-state index contributed by atoms with van der Waals surface area (Å²) in [7, 11) is 0. The maximum atomic E-state index is 12.6. The van der Waals surface area contributed by atoms with E-state index in [1.54, 1.807) is 4.90 Å². The van der Waals surface area contributed by atoms with E-state index in [2.05, 4.69) is 20.8 Å². The van der Waals surface area contributed by atoms with E-state index in [0.717, 1.165) is 16.7 Å². The van der Waals surface area contributed by atoms with Crippen LogP contribution in [0.25, 0.3) is 0 Å². The highest BCUT2D eigenvalue weighted by atomic mass is 16.3. The van der Waals surface area contributed by atoms with E-state index in [1.807, 2.05) is 39.8 Å². The molecule has 0 aliphatic heterocycles. The topological polar surface area (TPSA) is 60.8 Å². The number of amides is 1. The number of phenolic OH excluding ortho intramolecular Hbond substituents is 1. The molecule has 0 saturated carbocycles. The fraction of sp³-hybridized carbons (Fsp3) is 0.650. The maximum absolute atomic E-state index is 12.6. The first-order valence-electron chi connectivity index (χ1n) is 8.62. The Balaban J connectivity index is 2.95. The van der Waals surface area contributed by atoms with Crippen molar-refractivity contribution in [2.45, 2.75) is 72.3 Å². The summed E-state index contributed by atoms with van der Waals surface area (Å²) in [6.45, 7) is 14.3. The third-order valence-electron chi connectivity index (χ3n) is 4.23. The molecule has 0 fully saturated rings. The summed E-state index contributed by atoms with van der Waals surface area (Å²) in [4.78, 5) is 14.3. The van der Waals surface area contributed by atoms with Crippen molar-refractivity contribution in [1.82, 2.24) is 4.90 Å². The van der Waals surface area contributed by atoms with Crippen LogP contribution >= 0.6 is 0 Å². The number of rotatable bonds is 5. The van der Waals surface area contributed by atoms with Crippen LogP contribution in [0.2, 0.25) is 0 Å². The number of aromatic hydroxyl groups is 1. The molecule has 4 heteroatoms. The maximum Gasteiger partial charge on any atom is 0.223 e. The molecular weight excluding hydrogens is 302 g/mol. The molecule has 1 aromatic carbocycles. The first kappa shape index (κ1) is 20.5. The van der Waals surface area contributed by atoms with Gasteiger partial charge in [-0.15, -0.1) is 0 Å². The number of β-amino-alcohol motifs (C(OH)–C–C–N with tert-alkyl or cyclic N) is 1. The molecule has 136 valence electrons. The van der Waals surface area contributed by atoms with Crippen LogP contribution in [0.3, 0.4) is 0 Å². The molecule has 0 spiro atoms. The molecule has 0 aliphatic rings. The Morgan fingerprint density at radius 3 is 2.17 bits per heavy atom. The number of phenols is 1. The van der Waals surface area contributed by atoms with Crippen LogP contribution in [0.4, 0.5) is 0 Å². The fourth-order valence-corrected chi connectivity index (χ4v) is 2.89. The summed E-state index contributed by atoms with van der Waals surface area (Å²) in [6, 6.07) is 3.95. The average Bonchev–Trinajstić information content (AvgIpc) is 2.43. The minimum atomic E-state index is -0.304. The summed E-state index contributed by atoms with van der Waals surface area (Å²) in [5.74, 6) is 0.383. The van der Waals surface area contributed by atoms with E-state index >= 15 is 0 Å². The van der Waals surface area contributed by atoms with E-state index in [4.69, 9.17) is 0 Å². The number of carbonyl (C=O) groups excluding carboxylic acids is 1. The van der Waals surface area contributed by atoms with Gasteiger partial charge >= 0.3 is 0 Å². The highest BCUT2D eigenvalue weighted by molar-refractivity contribution is 5.77. The Kier molecular flexibility index (Phi) is 6.45. The number of carbonyl (C=O) groups is 1. The summed E-state index contributed by atoms with van der Waals surface area (Å²) in [6.07, 6.45) is 1.02. The molecule has 0 aliphatic carbocycles. The van der Waals surface area contributed by atoms with Crippen LogP contribution in [-0.2, 0) is 16.6 Å². The molecule has 0 radical (unpaired) electrons. The molecule has 2 N–H and O–H groups in total. The lowest BCUT2D eigenvalue weighted by molar-refractivity contribution is -0.136. The van der Waals surface area contributed by atoms with Gasteiger partial charge in [-0.3, -0.25) is 4.79 Å². The number of benzene rings is 1. The Bertz CT molecular complexity index is 580. The second-order valence-electron chi connectivity index (χ2n) is 8.50. The normalized spacial score (nSPS) is 12.3. The van der Waals surface area contributed by atoms with Crippen molar-refractivity contribution in [3.05, 3.63) is 28.8 Å². The van der Waals surface area contributed by atoms with Gasteiger partial charge in [0.1, 0.15) is 5.75 Å². The van der Waals surface area contributed by atoms with E-state index in [-0.39, 0.29) is 23.5 Å². The monoisotopic (exact) mass is 335 g/mol. The van der Waals surface area contributed by atoms with Gasteiger partial charge in [0.25, 0.3) is 0 Å². The number of aliphatic hydroxyl groups excluding tert-OH is 1. The van der Waals surface area contributed by atoms with Crippen LogP contribution in [-0.4, -0.2) is 39.7 Å². The Morgan fingerprint density at radius 1 is 1.12 bits per heavy atom. The van der Waals surface area contributed by atoms with E-state index in [1.165, 1.54) is 0 Å². The molecule has 0 aromatic heterocycles. The van der Waals surface area contributed by atoms with Crippen molar-refractivity contribution in [2.24, 2.45) is 0 Å². The first-order valence-corrected chi connectivity index (χ1v) is 8.62. The van der Waals surface area contributed by atoms with Gasteiger partial charge in [0, 0.05) is 18.5 Å². The summed E-state index contributed by atoms with van der Waals surface area (Å²) >= 11 is 0. The van der Waals surface area contributed by atoms with Gasteiger partial charge in [-0.2, -0.15) is 0 Å². The molecule has 0 bridgehead atoms. The quantitative estimate of drug-likeness (QED) is 0.865. The zero-order valence-electron chi connectivity index (χ0n) is 16.2. The molecule has 1 rings (SSSR count). The number of nitrogens with zero attached hydrogens (tertiary/aromatic N) is 1. The molecule has 0 heterocycles. The first-order chi connectivity index (χ1) is 10.9. The van der Waals surface area contributed by atoms with Crippen LogP contribution in [0, 0.1) is 6.92 Å². The van der Waals surface area contributed by atoms with Gasteiger partial charge in [0.2, 0.25) is 5.91 Å². The van der Waals surface area contributed by atoms with Crippen LogP contribution < -0.4 is 0 Å². The molecule has 0 atom stereocenters. The lowest BCUT2D eigenvalue weighted by atomic mass is 9.83. The third-order valence-corrected chi connectivity index (χ3v) is 4.23. The molecule has 0 unspecified atom stereocenters. The zero-order chi connectivity index (χ0) is 18.7. The van der Waals surface area contributed by atoms with Gasteiger partial charge in [0.05, 0.1) is 6.61 Å². The number of hydrogen-bond donors (Lipinski definition) is 2. The highest BCUT2D eigenvalue weighted by Crippen LogP contribution is 2.34. The zero-order valence-corrected chi connectivity index (χ0v) is 16.2. The SMILES string of the molecule is Cc1cc(CCC(=O)N(CCO)C(C)(C)C)cc(C(C)(C)C)c1O. The lowest BCUT2D eigenvalue weighted by Crippen LogP contribution is -2.47. The van der Waals surface area contributed by atoms with Gasteiger partial charge < -0.3 is 15.1 Å². The van der Waals surface area contributed by atoms with Crippen molar-refractivity contribution in [3.8, 4) is 5.75 Å². The van der Waals surface area contributed by atoms with Gasteiger partial charge in [-0.05, 0) is 56.2 Å². The van der Waals surface area contributed by atoms with Crippen molar-refractivity contribution in [2.75, 3.05) is 13.2 Å². The average molecular weight is 335 g/mol. The minimum absolute atomic E-state index is 0.0322. The predicted octanol–water partition coefficient (Wildman–Crippen LogP) is 3.55. The molecule has 1 amide bonds. The van der Waals surface area contributed by atoms with Crippen LogP contribution in [0.15, 0.2) is 12.1 Å². The number of hydrogen-bond acceptors (Lipinski definition) is 3. The summed E-state index contributed by atoms with van der Waals surface area (Å²) in [5.41, 5.74) is 2.35. The second kappa shape index (κ2) is 7.56. The molecule has 4 nitrogen and oxygen atoms in total. The molecule has 1 aromatic rings. The standard InChI is InChI=1S/C20H33NO3/c1-14-12-15(13-16(18(14)24)19(2,3)4)8-9-17(23)21(10-11-22)20(5,6)7/h12-13,22,24H,8-11H2,1-7H3. The number of aryl methyl sites for hydroxylation is 2. The van der Waals surface area contributed by atoms with Crippen molar-refractivity contribution < 1.29 is 15.0 Å². The van der Waals surface area contributed by atoms with E-state index < -0.39 is 0 Å². The smallest absolute Gasteiger partial charge is 0.223 e. The van der Waals surface area contributed by atoms with Gasteiger partial charge in [-0.1, -0.05) is 32.9 Å². The van der Waals surface area contributed by atoms with Crippen LogP contribution in [0.5, 0.6) is 5.75 Å². The Hall–Kier alpha value is -1.55. The van der Waals surface area contributed by atoms with Crippen LogP contribution in [0.1, 0.15) is 64.7 Å². The molecule has 0 saturated heterocycles. The molecule has 24 heavy (non-hydrogen) atoms. The second-order valence-corrected chi connectivity index (χ2v) is 8.50. The van der Waals surface area contributed by atoms with Gasteiger partial charge in [0.15, 0.2) is 0 Å². The largest absolute Gasteiger partial charge is 0.507 e. The minimum Gasteiger partial charge on any atom is -0.507 e. The van der Waals surface area contributed by atoms with Crippen molar-refractivity contribution in [1.29, 1.82) is 0 Å². The van der Waals surface area contributed by atoms with Gasteiger partial charge in [-0.25, -0.2) is 0 Å². The van der Waals surface area contributed by atoms with E-state index in [0.29, 0.717) is 25.1 Å². The third kappa shape index (κ3) is 5.23. The Morgan fingerprint density at radius 2 is 1.71 bits per heavy atom. The van der Waals surface area contributed by atoms with Crippen molar-refractivity contribution >= 4 is 5.91 Å². The van der Waals surface area contributed by atoms with E-state index in [9.17, 15) is 15.0 Å². The lowest BCUT2D eigenvalue weighted by Gasteiger charge is -2.35. The number of aliphatic hydroxyl groups is 1. The van der Waals surface area contributed by atoms with Crippen molar-refractivity contribution in [3.63, 3.8) is 0 Å². The fourth-order valence-electron chi connectivity index (χ4n) is 2.89. The summed E-state index contributed by atoms with van der Waals surface area (Å²) < 4.78 is 0.